The van der Waals surface area contributed by atoms with Gasteiger partial charge in [0.05, 0.1) is 12.5 Å². The van der Waals surface area contributed by atoms with Crippen molar-refractivity contribution < 1.29 is 4.42 Å². The summed E-state index contributed by atoms with van der Waals surface area (Å²) in [5.41, 5.74) is 12.1. The van der Waals surface area contributed by atoms with E-state index in [4.69, 9.17) is 15.9 Å². The van der Waals surface area contributed by atoms with E-state index in [2.05, 4.69) is 0 Å². The van der Waals surface area contributed by atoms with Gasteiger partial charge in [-0.1, -0.05) is 0 Å². The molecule has 4 N–H and O–H groups in total. The molecule has 1 rings (SSSR count). The summed E-state index contributed by atoms with van der Waals surface area (Å²) in [6.07, 6.45) is 4.07. The number of furan rings is 1. The summed E-state index contributed by atoms with van der Waals surface area (Å²) in [6.45, 7) is 0.617. The fraction of sp³-hybridized carbons (Fsp3) is 0.429. The Morgan fingerprint density at radius 3 is 2.90 bits per heavy atom. The minimum atomic E-state index is 0.0312. The molecule has 1 aromatic heterocycles. The highest BCUT2D eigenvalue weighted by Gasteiger charge is 2.04. The molecule has 3 nitrogen and oxygen atoms in total. The Hall–Kier alpha value is -0.800. The largest absolute Gasteiger partial charge is 0.472 e. The standard InChI is InChI=1S/C7H12N2O/c8-3-1-7(9)6-2-4-10-5-6/h2,4-5,7H,1,3,8-9H2/t7-/m1/s1. The first kappa shape index (κ1) is 7.31. The lowest BCUT2D eigenvalue weighted by Crippen LogP contribution is -2.14. The van der Waals surface area contributed by atoms with Gasteiger partial charge in [0.1, 0.15) is 0 Å². The molecule has 1 heterocycles. The van der Waals surface area contributed by atoms with Crippen LogP contribution in [-0.2, 0) is 0 Å². The molecule has 0 amide bonds. The van der Waals surface area contributed by atoms with Gasteiger partial charge in [-0.25, -0.2) is 0 Å². The molecule has 10 heavy (non-hydrogen) atoms. The van der Waals surface area contributed by atoms with E-state index < -0.39 is 0 Å². The van der Waals surface area contributed by atoms with E-state index in [0.29, 0.717) is 6.54 Å². The molecule has 3 heteroatoms. The molecule has 56 valence electrons. The number of hydrogen-bond donors (Lipinski definition) is 2. The summed E-state index contributed by atoms with van der Waals surface area (Å²) in [4.78, 5) is 0. The highest BCUT2D eigenvalue weighted by molar-refractivity contribution is 5.10. The first-order valence-electron chi connectivity index (χ1n) is 3.32. The van der Waals surface area contributed by atoms with E-state index in [1.807, 2.05) is 6.07 Å². The number of nitrogens with two attached hydrogens (primary N) is 2. The van der Waals surface area contributed by atoms with Crippen molar-refractivity contribution in [2.45, 2.75) is 12.5 Å². The molecule has 0 saturated carbocycles. The van der Waals surface area contributed by atoms with Crippen LogP contribution in [0.15, 0.2) is 23.0 Å². The van der Waals surface area contributed by atoms with Crippen molar-refractivity contribution in [2.24, 2.45) is 11.5 Å². The van der Waals surface area contributed by atoms with Crippen molar-refractivity contribution in [3.8, 4) is 0 Å². The zero-order valence-corrected chi connectivity index (χ0v) is 5.79. The third-order valence-electron chi connectivity index (χ3n) is 1.45. The van der Waals surface area contributed by atoms with Crippen molar-refractivity contribution >= 4 is 0 Å². The molecule has 0 aliphatic carbocycles. The second-order valence-electron chi connectivity index (χ2n) is 2.24. The monoisotopic (exact) mass is 140 g/mol. The van der Waals surface area contributed by atoms with Crippen LogP contribution in [0.4, 0.5) is 0 Å². The molecule has 0 aromatic carbocycles. The molecule has 1 atom stereocenters. The lowest BCUT2D eigenvalue weighted by atomic mass is 10.1. The van der Waals surface area contributed by atoms with Crippen molar-refractivity contribution in [2.75, 3.05) is 6.54 Å². The maximum Gasteiger partial charge on any atom is 0.0950 e. The minimum Gasteiger partial charge on any atom is -0.472 e. The first-order valence-corrected chi connectivity index (χ1v) is 3.32. The summed E-state index contributed by atoms with van der Waals surface area (Å²) in [5, 5.41) is 0. The van der Waals surface area contributed by atoms with Gasteiger partial charge in [0.25, 0.3) is 0 Å². The fourth-order valence-corrected chi connectivity index (χ4v) is 0.832. The molecular weight excluding hydrogens is 128 g/mol. The summed E-state index contributed by atoms with van der Waals surface area (Å²) in [7, 11) is 0. The first-order chi connectivity index (χ1) is 4.84. The Balaban J connectivity index is 2.50. The zero-order chi connectivity index (χ0) is 7.40. The van der Waals surface area contributed by atoms with Gasteiger partial charge in [0, 0.05) is 11.6 Å². The van der Waals surface area contributed by atoms with Crippen LogP contribution in [0, 0.1) is 0 Å². The Bertz CT molecular complexity index is 172. The highest BCUT2D eigenvalue weighted by Crippen LogP contribution is 2.12. The van der Waals surface area contributed by atoms with Crippen LogP contribution in [0.2, 0.25) is 0 Å². The van der Waals surface area contributed by atoms with Crippen LogP contribution in [0.25, 0.3) is 0 Å². The minimum absolute atomic E-state index is 0.0312. The molecule has 0 aliphatic rings. The summed E-state index contributed by atoms with van der Waals surface area (Å²) in [6, 6.07) is 1.89. The van der Waals surface area contributed by atoms with Gasteiger partial charge in [-0.15, -0.1) is 0 Å². The molecule has 0 aliphatic heterocycles. The average Bonchev–Trinajstić information content (AvgIpc) is 2.38. The van der Waals surface area contributed by atoms with E-state index in [1.165, 1.54) is 0 Å². The number of hydrogen-bond acceptors (Lipinski definition) is 3. The molecule has 0 radical (unpaired) electrons. The average molecular weight is 140 g/mol. The topological polar surface area (TPSA) is 65.2 Å². The Labute approximate surface area is 60.0 Å². The van der Waals surface area contributed by atoms with Gasteiger partial charge in [0.15, 0.2) is 0 Å². The zero-order valence-electron chi connectivity index (χ0n) is 5.79. The number of rotatable bonds is 3. The van der Waals surface area contributed by atoms with Crippen molar-refractivity contribution in [3.63, 3.8) is 0 Å². The molecular formula is C7H12N2O. The lowest BCUT2D eigenvalue weighted by molar-refractivity contribution is 0.555. The fourth-order valence-electron chi connectivity index (χ4n) is 0.832. The van der Waals surface area contributed by atoms with E-state index >= 15 is 0 Å². The van der Waals surface area contributed by atoms with Crippen LogP contribution in [-0.4, -0.2) is 6.54 Å². The highest BCUT2D eigenvalue weighted by atomic mass is 16.3. The second-order valence-corrected chi connectivity index (χ2v) is 2.24. The van der Waals surface area contributed by atoms with Crippen LogP contribution < -0.4 is 11.5 Å². The van der Waals surface area contributed by atoms with Gasteiger partial charge in [0.2, 0.25) is 0 Å². The van der Waals surface area contributed by atoms with Gasteiger partial charge in [-0.3, -0.25) is 0 Å². The third kappa shape index (κ3) is 1.59. The van der Waals surface area contributed by atoms with E-state index in [-0.39, 0.29) is 6.04 Å². The van der Waals surface area contributed by atoms with Gasteiger partial charge >= 0.3 is 0 Å². The molecule has 0 unspecified atom stereocenters. The predicted octanol–water partition coefficient (Wildman–Crippen LogP) is 0.628. The Morgan fingerprint density at radius 1 is 1.60 bits per heavy atom. The maximum absolute atomic E-state index is 5.71. The van der Waals surface area contributed by atoms with Crippen molar-refractivity contribution in [3.05, 3.63) is 24.2 Å². The lowest BCUT2D eigenvalue weighted by Gasteiger charge is -2.05. The van der Waals surface area contributed by atoms with Gasteiger partial charge in [-0.2, -0.15) is 0 Å². The van der Waals surface area contributed by atoms with Crippen LogP contribution in [0.5, 0.6) is 0 Å². The normalized spacial score (nSPS) is 13.4. The third-order valence-corrected chi connectivity index (χ3v) is 1.45. The SMILES string of the molecule is NCC[C@@H](N)c1ccoc1. The van der Waals surface area contributed by atoms with Crippen LogP contribution in [0.1, 0.15) is 18.0 Å². The van der Waals surface area contributed by atoms with Crippen LogP contribution in [0.3, 0.4) is 0 Å². The molecule has 0 saturated heterocycles. The second kappa shape index (κ2) is 3.39. The quantitative estimate of drug-likeness (QED) is 0.647. The van der Waals surface area contributed by atoms with E-state index in [0.717, 1.165) is 12.0 Å². The van der Waals surface area contributed by atoms with Gasteiger partial charge in [-0.05, 0) is 19.0 Å². The van der Waals surface area contributed by atoms with Gasteiger partial charge < -0.3 is 15.9 Å². The predicted molar refractivity (Wildman–Crippen MR) is 39.3 cm³/mol. The molecule has 1 aromatic rings. The smallest absolute Gasteiger partial charge is 0.0950 e. The summed E-state index contributed by atoms with van der Waals surface area (Å²) in [5.74, 6) is 0. The summed E-state index contributed by atoms with van der Waals surface area (Å²) >= 11 is 0. The van der Waals surface area contributed by atoms with E-state index in [9.17, 15) is 0 Å². The maximum atomic E-state index is 5.71. The van der Waals surface area contributed by atoms with Crippen molar-refractivity contribution in [1.29, 1.82) is 0 Å². The molecule has 0 bridgehead atoms. The summed E-state index contributed by atoms with van der Waals surface area (Å²) < 4.78 is 4.86. The van der Waals surface area contributed by atoms with E-state index in [1.54, 1.807) is 12.5 Å². The Kier molecular flexibility index (Phi) is 2.48. The van der Waals surface area contributed by atoms with Crippen LogP contribution >= 0.6 is 0 Å². The Morgan fingerprint density at radius 2 is 2.40 bits per heavy atom. The molecule has 0 spiro atoms. The van der Waals surface area contributed by atoms with Crippen molar-refractivity contribution in [1.82, 2.24) is 0 Å². The molecule has 0 fully saturated rings.